The molecule has 0 bridgehead atoms. The summed E-state index contributed by atoms with van der Waals surface area (Å²) in [6.45, 7) is 3.03. The first-order chi connectivity index (χ1) is 9.72. The number of rotatable bonds is 4. The first-order valence-electron chi connectivity index (χ1n) is 5.74. The van der Waals surface area contributed by atoms with E-state index >= 15 is 0 Å². The minimum absolute atomic E-state index is 0.0617. The van der Waals surface area contributed by atoms with Gasteiger partial charge in [-0.3, -0.25) is 19.9 Å². The van der Waals surface area contributed by atoms with E-state index in [4.69, 9.17) is 0 Å². The number of benzene rings is 1. The zero-order valence-electron chi connectivity index (χ0n) is 11.1. The standard InChI is InChI=1S/C11H12N4O5S/c1-6-11(7(2)13-12-6)21(19,20)14-9-5-8(15(17)18)3-4-10(9)16/h3-5,14,16H,1-2H3,(H,12,13). The molecule has 1 aromatic heterocycles. The van der Waals surface area contributed by atoms with Crippen molar-refractivity contribution in [1.82, 2.24) is 10.2 Å². The highest BCUT2D eigenvalue weighted by Crippen LogP contribution is 2.30. The van der Waals surface area contributed by atoms with Crippen LogP contribution < -0.4 is 4.72 Å². The number of anilines is 1. The number of aryl methyl sites for hydroxylation is 2. The minimum Gasteiger partial charge on any atom is -0.506 e. The fraction of sp³-hybridized carbons (Fsp3) is 0.182. The highest BCUT2D eigenvalue weighted by Gasteiger charge is 2.24. The molecule has 0 saturated heterocycles. The molecule has 1 heterocycles. The lowest BCUT2D eigenvalue weighted by Crippen LogP contribution is -2.14. The fourth-order valence-electron chi connectivity index (χ4n) is 1.85. The van der Waals surface area contributed by atoms with E-state index in [2.05, 4.69) is 14.9 Å². The lowest BCUT2D eigenvalue weighted by atomic mass is 10.2. The molecule has 2 aromatic rings. The summed E-state index contributed by atoms with van der Waals surface area (Å²) < 4.78 is 26.7. The molecule has 2 rings (SSSR count). The number of hydrogen-bond acceptors (Lipinski definition) is 6. The maximum Gasteiger partial charge on any atom is 0.271 e. The van der Waals surface area contributed by atoms with Gasteiger partial charge in [-0.05, 0) is 19.9 Å². The molecule has 0 spiro atoms. The summed E-state index contributed by atoms with van der Waals surface area (Å²) in [5, 5.41) is 26.7. The largest absolute Gasteiger partial charge is 0.506 e. The highest BCUT2D eigenvalue weighted by molar-refractivity contribution is 7.92. The number of nitrogens with zero attached hydrogens (tertiary/aromatic N) is 2. The van der Waals surface area contributed by atoms with E-state index in [1.165, 1.54) is 13.8 Å². The summed E-state index contributed by atoms with van der Waals surface area (Å²) in [6, 6.07) is 3.06. The molecule has 0 unspecified atom stereocenters. The summed E-state index contributed by atoms with van der Waals surface area (Å²) in [5.41, 5.74) is -0.0369. The molecule has 0 amide bonds. The molecule has 0 aliphatic heterocycles. The molecule has 0 saturated carbocycles. The molecule has 1 aromatic carbocycles. The Morgan fingerprint density at radius 3 is 2.57 bits per heavy atom. The molecule has 0 aliphatic rings. The summed E-state index contributed by atoms with van der Waals surface area (Å²) >= 11 is 0. The predicted octanol–water partition coefficient (Wildman–Crippen LogP) is 1.44. The Kier molecular flexibility index (Phi) is 3.56. The average Bonchev–Trinajstić information content (AvgIpc) is 2.71. The number of phenolic OH excluding ortho intramolecular Hbond substituents is 1. The van der Waals surface area contributed by atoms with Crippen molar-refractivity contribution in [1.29, 1.82) is 0 Å². The van der Waals surface area contributed by atoms with Crippen LogP contribution in [0.3, 0.4) is 0 Å². The van der Waals surface area contributed by atoms with Crippen molar-refractivity contribution in [2.45, 2.75) is 18.7 Å². The van der Waals surface area contributed by atoms with Crippen molar-refractivity contribution < 1.29 is 18.4 Å². The van der Waals surface area contributed by atoms with Crippen molar-refractivity contribution in [2.24, 2.45) is 0 Å². The van der Waals surface area contributed by atoms with Crippen molar-refractivity contribution in [3.63, 3.8) is 0 Å². The van der Waals surface area contributed by atoms with Gasteiger partial charge in [-0.15, -0.1) is 0 Å². The van der Waals surface area contributed by atoms with Crippen LogP contribution in [0.1, 0.15) is 11.4 Å². The number of phenols is 1. The van der Waals surface area contributed by atoms with E-state index in [1.54, 1.807) is 0 Å². The van der Waals surface area contributed by atoms with E-state index in [0.29, 0.717) is 5.69 Å². The Morgan fingerprint density at radius 2 is 2.05 bits per heavy atom. The first kappa shape index (κ1) is 14.8. The second-order valence-corrected chi connectivity index (χ2v) is 5.95. The summed E-state index contributed by atoms with van der Waals surface area (Å²) in [5.74, 6) is -0.414. The maximum atomic E-state index is 12.3. The van der Waals surface area contributed by atoms with E-state index in [9.17, 15) is 23.6 Å². The van der Waals surface area contributed by atoms with Gasteiger partial charge < -0.3 is 5.11 Å². The normalized spacial score (nSPS) is 11.3. The number of hydrogen-bond donors (Lipinski definition) is 3. The van der Waals surface area contributed by atoms with Crippen LogP contribution in [0.5, 0.6) is 5.75 Å². The minimum atomic E-state index is -4.02. The van der Waals surface area contributed by atoms with Gasteiger partial charge >= 0.3 is 0 Å². The number of nitrogens with one attached hydrogen (secondary N) is 2. The van der Waals surface area contributed by atoms with Gasteiger partial charge in [-0.1, -0.05) is 0 Å². The zero-order chi connectivity index (χ0) is 15.8. The molecule has 0 radical (unpaired) electrons. The van der Waals surface area contributed by atoms with Crippen LogP contribution in [0, 0.1) is 24.0 Å². The van der Waals surface area contributed by atoms with Crippen LogP contribution in [0.2, 0.25) is 0 Å². The smallest absolute Gasteiger partial charge is 0.271 e. The number of aromatic amines is 1. The van der Waals surface area contributed by atoms with Gasteiger partial charge in [-0.2, -0.15) is 5.10 Å². The number of H-pyrrole nitrogens is 1. The molecule has 0 atom stereocenters. The SMILES string of the molecule is Cc1n[nH]c(C)c1S(=O)(=O)Nc1cc([N+](=O)[O-])ccc1O. The van der Waals surface area contributed by atoms with Crippen LogP contribution >= 0.6 is 0 Å². The number of aromatic nitrogens is 2. The third kappa shape index (κ3) is 2.79. The number of aromatic hydroxyl groups is 1. The molecule has 10 heteroatoms. The van der Waals surface area contributed by atoms with Crippen LogP contribution in [-0.2, 0) is 10.0 Å². The number of non-ortho nitro benzene ring substituents is 1. The van der Waals surface area contributed by atoms with E-state index in [-0.39, 0.29) is 22.0 Å². The van der Waals surface area contributed by atoms with Gasteiger partial charge in [0.1, 0.15) is 10.6 Å². The predicted molar refractivity (Wildman–Crippen MR) is 73.6 cm³/mol. The van der Waals surface area contributed by atoms with Crippen LogP contribution in [-0.4, -0.2) is 28.6 Å². The second kappa shape index (κ2) is 5.05. The summed E-state index contributed by atoms with van der Waals surface area (Å²) in [6.07, 6.45) is 0. The molecule has 112 valence electrons. The van der Waals surface area contributed by atoms with Crippen LogP contribution in [0.4, 0.5) is 11.4 Å². The van der Waals surface area contributed by atoms with Crippen LogP contribution in [0.25, 0.3) is 0 Å². The lowest BCUT2D eigenvalue weighted by Gasteiger charge is -2.09. The van der Waals surface area contributed by atoms with E-state index < -0.39 is 20.7 Å². The van der Waals surface area contributed by atoms with Gasteiger partial charge in [0.05, 0.1) is 22.0 Å². The second-order valence-electron chi connectivity index (χ2n) is 4.33. The molecular formula is C11H12N4O5S. The Hall–Kier alpha value is -2.62. The highest BCUT2D eigenvalue weighted by atomic mass is 32.2. The number of nitro groups is 1. The molecular weight excluding hydrogens is 300 g/mol. The summed E-state index contributed by atoms with van der Waals surface area (Å²) in [7, 11) is -4.02. The van der Waals surface area contributed by atoms with Crippen molar-refractivity contribution in [3.8, 4) is 5.75 Å². The van der Waals surface area contributed by atoms with Gasteiger partial charge in [-0.25, -0.2) is 8.42 Å². The van der Waals surface area contributed by atoms with Crippen LogP contribution in [0.15, 0.2) is 23.1 Å². The van der Waals surface area contributed by atoms with Crippen molar-refractivity contribution >= 4 is 21.4 Å². The van der Waals surface area contributed by atoms with Gasteiger partial charge in [0.25, 0.3) is 15.7 Å². The lowest BCUT2D eigenvalue weighted by molar-refractivity contribution is -0.384. The Morgan fingerprint density at radius 1 is 1.38 bits per heavy atom. The van der Waals surface area contributed by atoms with Gasteiger partial charge in [0.15, 0.2) is 0 Å². The third-order valence-corrected chi connectivity index (χ3v) is 4.39. The zero-order valence-corrected chi connectivity index (χ0v) is 11.9. The maximum absolute atomic E-state index is 12.3. The number of sulfonamides is 1. The number of nitro benzene ring substituents is 1. The summed E-state index contributed by atoms with van der Waals surface area (Å²) in [4.78, 5) is 9.95. The molecule has 0 aliphatic carbocycles. The Labute approximate surface area is 119 Å². The topological polar surface area (TPSA) is 138 Å². The van der Waals surface area contributed by atoms with E-state index in [0.717, 1.165) is 18.2 Å². The fourth-order valence-corrected chi connectivity index (χ4v) is 3.29. The van der Waals surface area contributed by atoms with Crippen molar-refractivity contribution in [3.05, 3.63) is 39.7 Å². The first-order valence-corrected chi connectivity index (χ1v) is 7.22. The quantitative estimate of drug-likeness (QED) is 0.443. The monoisotopic (exact) mass is 312 g/mol. The van der Waals surface area contributed by atoms with Gasteiger partial charge in [0.2, 0.25) is 0 Å². The molecule has 0 fully saturated rings. The van der Waals surface area contributed by atoms with Crippen molar-refractivity contribution in [2.75, 3.05) is 4.72 Å². The molecule has 9 nitrogen and oxygen atoms in total. The molecule has 3 N–H and O–H groups in total. The van der Waals surface area contributed by atoms with E-state index in [1.807, 2.05) is 0 Å². The third-order valence-electron chi connectivity index (χ3n) is 2.76. The average molecular weight is 312 g/mol. The van der Waals surface area contributed by atoms with Gasteiger partial charge in [0, 0.05) is 12.1 Å². The Bertz CT molecular complexity index is 793. The Balaban J connectivity index is 2.46. The molecule has 21 heavy (non-hydrogen) atoms.